The Morgan fingerprint density at radius 1 is 1.10 bits per heavy atom. The Bertz CT molecular complexity index is 982. The highest BCUT2D eigenvalue weighted by Crippen LogP contribution is 2.33. The van der Waals surface area contributed by atoms with E-state index in [-0.39, 0.29) is 11.3 Å². The fourth-order valence-corrected chi connectivity index (χ4v) is 2.72. The number of pyridine rings is 1. The Balaban J connectivity index is 1.79. The van der Waals surface area contributed by atoms with Crippen LogP contribution in [0.15, 0.2) is 55.1 Å². The molecule has 29 heavy (non-hydrogen) atoms. The van der Waals surface area contributed by atoms with Crippen molar-refractivity contribution in [3.63, 3.8) is 0 Å². The van der Waals surface area contributed by atoms with Crippen LogP contribution >= 0.6 is 0 Å². The topological polar surface area (TPSA) is 77.0 Å². The summed E-state index contributed by atoms with van der Waals surface area (Å²) in [4.78, 5) is 24.9. The van der Waals surface area contributed by atoms with Crippen LogP contribution in [0.25, 0.3) is 11.3 Å². The number of nitrogens with zero attached hydrogens (tertiary/aromatic N) is 3. The highest BCUT2D eigenvalue weighted by atomic mass is 16.5. The van der Waals surface area contributed by atoms with Crippen molar-refractivity contribution in [2.24, 2.45) is 5.41 Å². The maximum Gasteiger partial charge on any atom is 0.228 e. The zero-order valence-electron chi connectivity index (χ0n) is 17.3. The molecule has 0 radical (unpaired) electrons. The van der Waals surface area contributed by atoms with E-state index in [0.29, 0.717) is 23.7 Å². The lowest BCUT2D eigenvalue weighted by Gasteiger charge is -2.17. The van der Waals surface area contributed by atoms with E-state index < -0.39 is 0 Å². The first-order chi connectivity index (χ1) is 13.8. The summed E-state index contributed by atoms with van der Waals surface area (Å²) < 4.78 is 6.11. The molecular weight excluding hydrogens is 364 g/mol. The van der Waals surface area contributed by atoms with E-state index >= 15 is 0 Å². The van der Waals surface area contributed by atoms with Gasteiger partial charge in [-0.15, -0.1) is 0 Å². The smallest absolute Gasteiger partial charge is 0.228 e. The van der Waals surface area contributed by atoms with E-state index in [1.54, 1.807) is 12.4 Å². The van der Waals surface area contributed by atoms with E-state index in [2.05, 4.69) is 41.0 Å². The van der Waals surface area contributed by atoms with Gasteiger partial charge in [-0.3, -0.25) is 4.79 Å². The molecule has 0 saturated carbocycles. The van der Waals surface area contributed by atoms with Gasteiger partial charge in [0, 0.05) is 30.6 Å². The Morgan fingerprint density at radius 3 is 2.66 bits per heavy atom. The molecule has 150 valence electrons. The number of carbonyl (C=O) groups is 1. The third-order valence-corrected chi connectivity index (χ3v) is 4.41. The van der Waals surface area contributed by atoms with Gasteiger partial charge in [0.2, 0.25) is 11.8 Å². The monoisotopic (exact) mass is 390 g/mol. The van der Waals surface area contributed by atoms with Crippen molar-refractivity contribution in [3.8, 4) is 22.9 Å². The molecule has 0 unspecified atom stereocenters. The Kier molecular flexibility index (Phi) is 6.22. The molecule has 0 bridgehead atoms. The molecule has 6 nitrogen and oxygen atoms in total. The molecule has 0 aliphatic heterocycles. The van der Waals surface area contributed by atoms with E-state index in [9.17, 15) is 4.79 Å². The summed E-state index contributed by atoms with van der Waals surface area (Å²) in [6.45, 7) is 8.33. The van der Waals surface area contributed by atoms with Gasteiger partial charge in [-0.05, 0) is 48.6 Å². The lowest BCUT2D eigenvalue weighted by molar-refractivity contribution is -0.116. The predicted molar refractivity (Wildman–Crippen MR) is 114 cm³/mol. The first-order valence-corrected chi connectivity index (χ1v) is 9.61. The van der Waals surface area contributed by atoms with Gasteiger partial charge in [0.1, 0.15) is 12.1 Å². The fourth-order valence-electron chi connectivity index (χ4n) is 2.72. The molecule has 2 aromatic heterocycles. The standard InChI is InChI=1S/C23H26N4O2/c1-16-7-8-17(27-21(28)9-11-23(2,3)4)14-20(16)29-22-18(6-5-12-25-22)19-10-13-24-15-26-19/h5-8,10,12-15H,9,11H2,1-4H3,(H,27,28). The van der Waals surface area contributed by atoms with Crippen LogP contribution in [-0.2, 0) is 4.79 Å². The number of carbonyl (C=O) groups excluding carboxylic acids is 1. The van der Waals surface area contributed by atoms with Crippen LogP contribution < -0.4 is 10.1 Å². The first kappa shape index (κ1) is 20.5. The van der Waals surface area contributed by atoms with Gasteiger partial charge in [0.15, 0.2) is 0 Å². The predicted octanol–water partition coefficient (Wildman–Crippen LogP) is 5.40. The molecule has 0 fully saturated rings. The van der Waals surface area contributed by atoms with Gasteiger partial charge in [-0.25, -0.2) is 15.0 Å². The SMILES string of the molecule is Cc1ccc(NC(=O)CCC(C)(C)C)cc1Oc1ncccc1-c1ccncn1. The Hall–Kier alpha value is -3.28. The number of aromatic nitrogens is 3. The van der Waals surface area contributed by atoms with E-state index in [1.807, 2.05) is 43.3 Å². The summed E-state index contributed by atoms with van der Waals surface area (Å²) >= 11 is 0. The van der Waals surface area contributed by atoms with Crippen LogP contribution in [0.5, 0.6) is 11.6 Å². The molecule has 1 N–H and O–H groups in total. The number of benzene rings is 1. The molecule has 3 rings (SSSR count). The van der Waals surface area contributed by atoms with Crippen LogP contribution in [0.4, 0.5) is 5.69 Å². The van der Waals surface area contributed by atoms with Crippen LogP contribution in [0.2, 0.25) is 0 Å². The molecule has 0 aliphatic rings. The third kappa shape index (κ3) is 5.85. The van der Waals surface area contributed by atoms with Gasteiger partial charge in [0.25, 0.3) is 0 Å². The Labute approximate surface area is 171 Å². The zero-order chi connectivity index (χ0) is 20.9. The summed E-state index contributed by atoms with van der Waals surface area (Å²) in [7, 11) is 0. The number of aryl methyl sites for hydroxylation is 1. The molecule has 2 heterocycles. The maximum absolute atomic E-state index is 12.3. The van der Waals surface area contributed by atoms with Gasteiger partial charge in [-0.2, -0.15) is 0 Å². The average Bonchev–Trinajstić information content (AvgIpc) is 2.69. The number of rotatable bonds is 6. The van der Waals surface area contributed by atoms with Gasteiger partial charge in [-0.1, -0.05) is 26.8 Å². The van der Waals surface area contributed by atoms with Crippen molar-refractivity contribution in [3.05, 3.63) is 60.7 Å². The normalized spacial score (nSPS) is 11.2. The van der Waals surface area contributed by atoms with Crippen molar-refractivity contribution >= 4 is 11.6 Å². The number of hydrogen-bond donors (Lipinski definition) is 1. The van der Waals surface area contributed by atoms with Crippen molar-refractivity contribution in [2.45, 2.75) is 40.5 Å². The lowest BCUT2D eigenvalue weighted by Crippen LogP contribution is -2.15. The number of ether oxygens (including phenoxy) is 1. The second-order valence-corrected chi connectivity index (χ2v) is 8.14. The van der Waals surface area contributed by atoms with Crippen LogP contribution in [0, 0.1) is 12.3 Å². The summed E-state index contributed by atoms with van der Waals surface area (Å²) in [6.07, 6.45) is 6.15. The number of hydrogen-bond acceptors (Lipinski definition) is 5. The minimum absolute atomic E-state index is 0.00533. The molecule has 0 aliphatic carbocycles. The molecule has 1 aromatic carbocycles. The first-order valence-electron chi connectivity index (χ1n) is 9.61. The number of amides is 1. The minimum Gasteiger partial charge on any atom is -0.438 e. The molecule has 0 atom stereocenters. The van der Waals surface area contributed by atoms with Gasteiger partial charge < -0.3 is 10.1 Å². The number of nitrogens with one attached hydrogen (secondary N) is 1. The molecule has 1 amide bonds. The van der Waals surface area contributed by atoms with Crippen molar-refractivity contribution in [1.82, 2.24) is 15.0 Å². The largest absolute Gasteiger partial charge is 0.438 e. The van der Waals surface area contributed by atoms with Crippen LogP contribution in [-0.4, -0.2) is 20.9 Å². The maximum atomic E-state index is 12.3. The summed E-state index contributed by atoms with van der Waals surface area (Å²) in [5.74, 6) is 1.08. The number of anilines is 1. The fraction of sp³-hybridized carbons (Fsp3) is 0.304. The summed E-state index contributed by atoms with van der Waals surface area (Å²) in [5, 5.41) is 2.95. The highest BCUT2D eigenvalue weighted by Gasteiger charge is 2.14. The highest BCUT2D eigenvalue weighted by molar-refractivity contribution is 5.91. The van der Waals surface area contributed by atoms with E-state index in [0.717, 1.165) is 23.2 Å². The van der Waals surface area contributed by atoms with Crippen LogP contribution in [0.1, 0.15) is 39.2 Å². The zero-order valence-corrected chi connectivity index (χ0v) is 17.3. The minimum atomic E-state index is -0.00533. The third-order valence-electron chi connectivity index (χ3n) is 4.41. The molecule has 0 saturated heterocycles. The summed E-state index contributed by atoms with van der Waals surface area (Å²) in [6, 6.07) is 11.2. The van der Waals surface area contributed by atoms with Crippen molar-refractivity contribution in [2.75, 3.05) is 5.32 Å². The molecular formula is C23H26N4O2. The lowest BCUT2D eigenvalue weighted by atomic mass is 9.90. The molecule has 3 aromatic rings. The van der Waals surface area contributed by atoms with Gasteiger partial charge >= 0.3 is 0 Å². The second kappa shape index (κ2) is 8.82. The molecule has 6 heteroatoms. The van der Waals surface area contributed by atoms with Crippen LogP contribution in [0.3, 0.4) is 0 Å². The summed E-state index contributed by atoms with van der Waals surface area (Å²) in [5.41, 5.74) is 3.26. The van der Waals surface area contributed by atoms with E-state index in [1.165, 1.54) is 6.33 Å². The Morgan fingerprint density at radius 2 is 1.93 bits per heavy atom. The van der Waals surface area contributed by atoms with Crippen molar-refractivity contribution in [1.29, 1.82) is 0 Å². The quantitative estimate of drug-likeness (QED) is 0.609. The van der Waals surface area contributed by atoms with E-state index in [4.69, 9.17) is 4.74 Å². The molecule has 0 spiro atoms. The average molecular weight is 390 g/mol. The second-order valence-electron chi connectivity index (χ2n) is 8.14. The van der Waals surface area contributed by atoms with Crippen molar-refractivity contribution < 1.29 is 9.53 Å². The van der Waals surface area contributed by atoms with Gasteiger partial charge in [0.05, 0.1) is 11.3 Å².